The predicted octanol–water partition coefficient (Wildman–Crippen LogP) is 4.45. The molecule has 1 heterocycles. The van der Waals surface area contributed by atoms with Gasteiger partial charge in [0.1, 0.15) is 0 Å². The summed E-state index contributed by atoms with van der Waals surface area (Å²) in [5.41, 5.74) is 6.36. The summed E-state index contributed by atoms with van der Waals surface area (Å²) in [5.74, 6) is -0.470. The smallest absolute Gasteiger partial charge is 0.274 e. The maximum atomic E-state index is 13.2. The predicted molar refractivity (Wildman–Crippen MR) is 125 cm³/mol. The zero-order valence-corrected chi connectivity index (χ0v) is 19.5. The topological polar surface area (TPSA) is 67.2 Å². The highest BCUT2D eigenvalue weighted by atomic mass is 79.9. The van der Waals surface area contributed by atoms with Gasteiger partial charge < -0.3 is 10.2 Å². The first kappa shape index (κ1) is 21.3. The maximum absolute atomic E-state index is 13.2. The summed E-state index contributed by atoms with van der Waals surface area (Å²) in [7, 11) is 1.64. The molecular weight excluding hydrogens is 456 g/mol. The molecule has 0 unspecified atom stereocenters. The molecule has 0 spiro atoms. The van der Waals surface area contributed by atoms with Gasteiger partial charge in [-0.05, 0) is 69.0 Å². The maximum Gasteiger partial charge on any atom is 0.274 e. The Balaban J connectivity index is 1.52. The Morgan fingerprint density at radius 1 is 1.13 bits per heavy atom. The lowest BCUT2D eigenvalue weighted by molar-refractivity contribution is -0.116. The van der Waals surface area contributed by atoms with Crippen LogP contribution < -0.4 is 5.32 Å². The number of benzene rings is 2. The Morgan fingerprint density at radius 3 is 2.58 bits per heavy atom. The SMILES string of the molecule is Cc1ccc(-n2nc(C(=O)N(C)CC(=O)Nc3ccc(Br)cc3C)c3c2CCC3)cc1. The van der Waals surface area contributed by atoms with Gasteiger partial charge in [-0.25, -0.2) is 4.68 Å². The van der Waals surface area contributed by atoms with Gasteiger partial charge in [0.2, 0.25) is 5.91 Å². The lowest BCUT2D eigenvalue weighted by atomic mass is 10.2. The first-order valence-corrected chi connectivity index (χ1v) is 11.1. The van der Waals surface area contributed by atoms with Crippen molar-refractivity contribution in [2.75, 3.05) is 18.9 Å². The molecule has 0 saturated carbocycles. The van der Waals surface area contributed by atoms with Crippen molar-refractivity contribution in [3.8, 4) is 5.69 Å². The Kier molecular flexibility index (Phi) is 5.96. The molecular formula is C24H25BrN4O2. The summed E-state index contributed by atoms with van der Waals surface area (Å²) >= 11 is 3.42. The lowest BCUT2D eigenvalue weighted by Crippen LogP contribution is -2.35. The van der Waals surface area contributed by atoms with E-state index in [4.69, 9.17) is 0 Å². The number of rotatable bonds is 5. The molecule has 31 heavy (non-hydrogen) atoms. The first-order chi connectivity index (χ1) is 14.8. The van der Waals surface area contributed by atoms with Crippen molar-refractivity contribution in [2.45, 2.75) is 33.1 Å². The molecule has 0 radical (unpaired) electrons. The molecule has 1 aliphatic carbocycles. The average Bonchev–Trinajstić information content (AvgIpc) is 3.33. The van der Waals surface area contributed by atoms with Gasteiger partial charge in [0.15, 0.2) is 5.69 Å². The fraction of sp³-hybridized carbons (Fsp3) is 0.292. The number of hydrogen-bond acceptors (Lipinski definition) is 3. The van der Waals surface area contributed by atoms with Gasteiger partial charge in [0.25, 0.3) is 5.91 Å². The van der Waals surface area contributed by atoms with E-state index in [2.05, 4.69) is 26.3 Å². The number of aromatic nitrogens is 2. The molecule has 4 rings (SSSR count). The van der Waals surface area contributed by atoms with Crippen LogP contribution in [0.5, 0.6) is 0 Å². The van der Waals surface area contributed by atoms with Gasteiger partial charge in [0.05, 0.1) is 12.2 Å². The minimum absolute atomic E-state index is 0.0412. The Morgan fingerprint density at radius 2 is 1.87 bits per heavy atom. The number of carbonyl (C=O) groups excluding carboxylic acids is 2. The second-order valence-corrected chi connectivity index (χ2v) is 8.96. The van der Waals surface area contributed by atoms with Gasteiger partial charge in [-0.2, -0.15) is 5.10 Å². The van der Waals surface area contributed by atoms with Crippen LogP contribution in [0.1, 0.15) is 39.3 Å². The van der Waals surface area contributed by atoms with Gasteiger partial charge in [-0.1, -0.05) is 33.6 Å². The van der Waals surface area contributed by atoms with Crippen molar-refractivity contribution in [3.05, 3.63) is 75.0 Å². The van der Waals surface area contributed by atoms with Crippen LogP contribution in [0.2, 0.25) is 0 Å². The standard InChI is InChI=1S/C24H25BrN4O2/c1-15-7-10-18(11-8-15)29-21-6-4-5-19(21)23(27-29)24(31)28(3)14-22(30)26-20-12-9-17(25)13-16(20)2/h7-13H,4-6,14H2,1-3H3,(H,26,30). The van der Waals surface area contributed by atoms with Gasteiger partial charge in [-0.3, -0.25) is 9.59 Å². The van der Waals surface area contributed by atoms with Crippen LogP contribution in [0.15, 0.2) is 46.9 Å². The molecule has 7 heteroatoms. The molecule has 0 atom stereocenters. The highest BCUT2D eigenvalue weighted by molar-refractivity contribution is 9.10. The highest BCUT2D eigenvalue weighted by Gasteiger charge is 2.29. The van der Waals surface area contributed by atoms with E-state index in [0.717, 1.165) is 51.9 Å². The third kappa shape index (κ3) is 4.42. The van der Waals surface area contributed by atoms with Crippen LogP contribution in [0.4, 0.5) is 5.69 Å². The van der Waals surface area contributed by atoms with Crippen LogP contribution in [-0.2, 0) is 17.6 Å². The molecule has 2 aromatic carbocycles. The number of carbonyl (C=O) groups is 2. The number of fused-ring (bicyclic) bond motifs is 1. The minimum atomic E-state index is -0.240. The summed E-state index contributed by atoms with van der Waals surface area (Å²) in [6.07, 6.45) is 2.74. The quantitative estimate of drug-likeness (QED) is 0.586. The molecule has 0 fully saturated rings. The zero-order valence-electron chi connectivity index (χ0n) is 17.9. The Labute approximate surface area is 190 Å². The monoisotopic (exact) mass is 480 g/mol. The van der Waals surface area contributed by atoms with E-state index < -0.39 is 0 Å². The van der Waals surface area contributed by atoms with E-state index in [1.165, 1.54) is 10.5 Å². The Hall–Kier alpha value is -2.93. The van der Waals surface area contributed by atoms with Crippen LogP contribution >= 0.6 is 15.9 Å². The molecule has 1 aliphatic rings. The van der Waals surface area contributed by atoms with Gasteiger partial charge in [-0.15, -0.1) is 0 Å². The number of aryl methyl sites for hydroxylation is 2. The number of likely N-dealkylation sites (N-methyl/N-ethyl adjacent to an activating group) is 1. The third-order valence-corrected chi connectivity index (χ3v) is 6.09. The van der Waals surface area contributed by atoms with Crippen molar-refractivity contribution in [3.63, 3.8) is 0 Å². The zero-order chi connectivity index (χ0) is 22.1. The van der Waals surface area contributed by atoms with Crippen LogP contribution in [0.3, 0.4) is 0 Å². The normalized spacial score (nSPS) is 12.5. The van der Waals surface area contributed by atoms with Gasteiger partial charge in [0, 0.05) is 28.5 Å². The molecule has 0 bridgehead atoms. The van der Waals surface area contributed by atoms with E-state index >= 15 is 0 Å². The number of hydrogen-bond donors (Lipinski definition) is 1. The molecule has 3 aromatic rings. The van der Waals surface area contributed by atoms with E-state index in [1.807, 2.05) is 61.0 Å². The first-order valence-electron chi connectivity index (χ1n) is 10.3. The van der Waals surface area contributed by atoms with Crippen LogP contribution in [0.25, 0.3) is 5.69 Å². The van der Waals surface area contributed by atoms with E-state index in [9.17, 15) is 9.59 Å². The molecule has 2 amide bonds. The summed E-state index contributed by atoms with van der Waals surface area (Å²) in [6.45, 7) is 3.93. The van der Waals surface area contributed by atoms with Gasteiger partial charge >= 0.3 is 0 Å². The van der Waals surface area contributed by atoms with Crippen molar-refractivity contribution in [1.82, 2.24) is 14.7 Å². The molecule has 1 N–H and O–H groups in total. The molecule has 0 saturated heterocycles. The second-order valence-electron chi connectivity index (χ2n) is 8.04. The minimum Gasteiger partial charge on any atom is -0.331 e. The molecule has 0 aliphatic heterocycles. The number of amides is 2. The van der Waals surface area contributed by atoms with Crippen molar-refractivity contribution < 1.29 is 9.59 Å². The molecule has 1 aromatic heterocycles. The van der Waals surface area contributed by atoms with E-state index in [-0.39, 0.29) is 18.4 Å². The van der Waals surface area contributed by atoms with Crippen molar-refractivity contribution in [1.29, 1.82) is 0 Å². The second kappa shape index (κ2) is 8.67. The average molecular weight is 481 g/mol. The highest BCUT2D eigenvalue weighted by Crippen LogP contribution is 2.28. The number of halogens is 1. The van der Waals surface area contributed by atoms with Crippen molar-refractivity contribution in [2.24, 2.45) is 0 Å². The largest absolute Gasteiger partial charge is 0.331 e. The number of nitrogens with one attached hydrogen (secondary N) is 1. The number of anilines is 1. The third-order valence-electron chi connectivity index (χ3n) is 5.60. The van der Waals surface area contributed by atoms with Crippen LogP contribution in [0, 0.1) is 13.8 Å². The van der Waals surface area contributed by atoms with E-state index in [0.29, 0.717) is 5.69 Å². The summed E-state index contributed by atoms with van der Waals surface area (Å²) in [6, 6.07) is 13.8. The molecule has 160 valence electrons. The van der Waals surface area contributed by atoms with Crippen LogP contribution in [-0.4, -0.2) is 40.1 Å². The summed E-state index contributed by atoms with van der Waals surface area (Å²) < 4.78 is 2.84. The number of nitrogens with zero attached hydrogens (tertiary/aromatic N) is 3. The fourth-order valence-corrected chi connectivity index (χ4v) is 4.41. The summed E-state index contributed by atoms with van der Waals surface area (Å²) in [4.78, 5) is 27.1. The fourth-order valence-electron chi connectivity index (χ4n) is 3.93. The van der Waals surface area contributed by atoms with Crippen molar-refractivity contribution >= 4 is 33.4 Å². The van der Waals surface area contributed by atoms with E-state index in [1.54, 1.807) is 7.05 Å². The Bertz CT molecular complexity index is 1150. The lowest BCUT2D eigenvalue weighted by Gasteiger charge is -2.17. The molecule has 6 nitrogen and oxygen atoms in total. The summed E-state index contributed by atoms with van der Waals surface area (Å²) in [5, 5.41) is 7.54.